The maximum atomic E-state index is 12.1. The number of piperidine rings is 1. The average Bonchev–Trinajstić information content (AvgIpc) is 2.58. The van der Waals surface area contributed by atoms with Crippen LogP contribution in [0.4, 0.5) is 4.79 Å². The zero-order valence-corrected chi connectivity index (χ0v) is 15.9. The van der Waals surface area contributed by atoms with E-state index in [1.807, 2.05) is 43.9 Å². The van der Waals surface area contributed by atoms with Gasteiger partial charge in [0.1, 0.15) is 5.60 Å². The maximum Gasteiger partial charge on any atom is 0.410 e. The fraction of sp³-hybridized carbons (Fsp3) is 0.571. The van der Waals surface area contributed by atoms with Crippen LogP contribution in [0, 0.1) is 5.92 Å². The maximum absolute atomic E-state index is 12.1. The molecule has 138 valence electrons. The summed E-state index contributed by atoms with van der Waals surface area (Å²) in [4.78, 5) is 13.9. The van der Waals surface area contributed by atoms with Crippen molar-refractivity contribution in [2.75, 3.05) is 19.7 Å². The van der Waals surface area contributed by atoms with Crippen LogP contribution in [0.2, 0.25) is 0 Å². The average molecular weight is 345 g/mol. The van der Waals surface area contributed by atoms with Gasteiger partial charge in [0.15, 0.2) is 0 Å². The van der Waals surface area contributed by atoms with Crippen molar-refractivity contribution < 1.29 is 14.3 Å². The lowest BCUT2D eigenvalue weighted by molar-refractivity contribution is -0.00360. The number of hydrogen-bond acceptors (Lipinski definition) is 3. The molecular formula is C21H31NO3. The first-order valence-electron chi connectivity index (χ1n) is 9.16. The predicted molar refractivity (Wildman–Crippen MR) is 101 cm³/mol. The van der Waals surface area contributed by atoms with Crippen LogP contribution < -0.4 is 0 Å². The minimum Gasteiger partial charge on any atom is -0.444 e. The van der Waals surface area contributed by atoms with E-state index in [9.17, 15) is 4.79 Å². The molecule has 4 heteroatoms. The van der Waals surface area contributed by atoms with E-state index in [-0.39, 0.29) is 12.2 Å². The van der Waals surface area contributed by atoms with Crippen LogP contribution in [-0.4, -0.2) is 42.4 Å². The molecule has 1 aliphatic rings. The number of hydrogen-bond donors (Lipinski definition) is 0. The normalized spacial score (nSPS) is 17.7. The van der Waals surface area contributed by atoms with Crippen LogP contribution in [0.5, 0.6) is 0 Å². The molecule has 1 atom stereocenters. The first kappa shape index (κ1) is 19.5. The molecular weight excluding hydrogens is 314 g/mol. The molecule has 0 spiro atoms. The molecule has 1 unspecified atom stereocenters. The molecule has 25 heavy (non-hydrogen) atoms. The molecule has 4 nitrogen and oxygen atoms in total. The van der Waals surface area contributed by atoms with Crippen molar-refractivity contribution in [2.45, 2.75) is 52.2 Å². The summed E-state index contributed by atoms with van der Waals surface area (Å²) in [5, 5.41) is 0. The summed E-state index contributed by atoms with van der Waals surface area (Å²) in [6.07, 6.45) is 6.05. The van der Waals surface area contributed by atoms with Crippen molar-refractivity contribution in [3.8, 4) is 0 Å². The topological polar surface area (TPSA) is 38.8 Å². The van der Waals surface area contributed by atoms with E-state index < -0.39 is 5.60 Å². The Hall–Kier alpha value is -1.81. The quantitative estimate of drug-likeness (QED) is 0.773. The lowest BCUT2D eigenvalue weighted by Crippen LogP contribution is -2.43. The molecule has 1 aromatic rings. The van der Waals surface area contributed by atoms with Crippen molar-refractivity contribution in [3.05, 3.63) is 42.0 Å². The van der Waals surface area contributed by atoms with Crippen molar-refractivity contribution in [1.82, 2.24) is 4.90 Å². The van der Waals surface area contributed by atoms with E-state index in [1.165, 1.54) is 5.56 Å². The second-order valence-electron chi connectivity index (χ2n) is 7.66. The van der Waals surface area contributed by atoms with E-state index in [1.54, 1.807) is 0 Å². The highest BCUT2D eigenvalue weighted by Crippen LogP contribution is 2.24. The zero-order chi connectivity index (χ0) is 18.3. The van der Waals surface area contributed by atoms with E-state index in [0.29, 0.717) is 12.5 Å². The molecule has 0 bridgehead atoms. The molecule has 0 radical (unpaired) electrons. The molecule has 2 rings (SSSR count). The summed E-state index contributed by atoms with van der Waals surface area (Å²) >= 11 is 0. The van der Waals surface area contributed by atoms with Gasteiger partial charge in [0, 0.05) is 13.1 Å². The van der Waals surface area contributed by atoms with Crippen LogP contribution in [0.25, 0.3) is 6.08 Å². The third-order valence-corrected chi connectivity index (χ3v) is 4.42. The Morgan fingerprint density at radius 1 is 1.24 bits per heavy atom. The van der Waals surface area contributed by atoms with Gasteiger partial charge in [-0.15, -0.1) is 0 Å². The molecule has 0 aliphatic carbocycles. The number of rotatable bonds is 5. The van der Waals surface area contributed by atoms with Gasteiger partial charge in [-0.3, -0.25) is 0 Å². The number of benzene rings is 1. The first-order chi connectivity index (χ1) is 11.8. The summed E-state index contributed by atoms with van der Waals surface area (Å²) in [7, 11) is 0. The Balaban J connectivity index is 1.69. The molecule has 1 aromatic carbocycles. The van der Waals surface area contributed by atoms with Gasteiger partial charge < -0.3 is 14.4 Å². The van der Waals surface area contributed by atoms with Gasteiger partial charge >= 0.3 is 6.09 Å². The summed E-state index contributed by atoms with van der Waals surface area (Å²) in [5.41, 5.74) is 0.750. The number of ether oxygens (including phenoxy) is 2. The second kappa shape index (κ2) is 9.04. The monoisotopic (exact) mass is 345 g/mol. The number of amides is 1. The van der Waals surface area contributed by atoms with Crippen molar-refractivity contribution >= 4 is 12.2 Å². The smallest absolute Gasteiger partial charge is 0.410 e. The highest BCUT2D eigenvalue weighted by molar-refractivity contribution is 5.68. The highest BCUT2D eigenvalue weighted by Gasteiger charge is 2.29. The summed E-state index contributed by atoms with van der Waals surface area (Å²) < 4.78 is 11.4. The summed E-state index contributed by atoms with van der Waals surface area (Å²) in [6.45, 7) is 9.93. The Bertz CT molecular complexity index is 554. The van der Waals surface area contributed by atoms with Crippen LogP contribution in [-0.2, 0) is 9.47 Å². The van der Waals surface area contributed by atoms with Gasteiger partial charge in [-0.05, 0) is 52.0 Å². The van der Waals surface area contributed by atoms with Gasteiger partial charge in [-0.2, -0.15) is 0 Å². The fourth-order valence-electron chi connectivity index (χ4n) is 2.97. The minimum atomic E-state index is -0.435. The molecule has 1 amide bonds. The SMILES string of the molecule is CC(OCC=Cc1ccccc1)C1CCN(C(=O)OC(C)(C)C)CC1. The molecule has 0 saturated carbocycles. The van der Waals surface area contributed by atoms with Gasteiger partial charge in [0.25, 0.3) is 0 Å². The van der Waals surface area contributed by atoms with Gasteiger partial charge in [0.2, 0.25) is 0 Å². The Kier molecular flexibility index (Phi) is 7.06. The van der Waals surface area contributed by atoms with E-state index in [0.717, 1.165) is 25.9 Å². The predicted octanol–water partition coefficient (Wildman–Crippen LogP) is 4.75. The van der Waals surface area contributed by atoms with Crippen LogP contribution >= 0.6 is 0 Å². The van der Waals surface area contributed by atoms with Crippen LogP contribution in [0.15, 0.2) is 36.4 Å². The Morgan fingerprint density at radius 3 is 2.48 bits per heavy atom. The minimum absolute atomic E-state index is 0.196. The lowest BCUT2D eigenvalue weighted by Gasteiger charge is -2.35. The molecule has 0 N–H and O–H groups in total. The van der Waals surface area contributed by atoms with Crippen LogP contribution in [0.1, 0.15) is 46.1 Å². The third-order valence-electron chi connectivity index (χ3n) is 4.42. The van der Waals surface area contributed by atoms with Gasteiger partial charge in [-0.1, -0.05) is 42.5 Å². The number of carbonyl (C=O) groups excluding carboxylic acids is 1. The standard InChI is InChI=1S/C21H31NO3/c1-17(24-16-8-11-18-9-6-5-7-10-18)19-12-14-22(15-13-19)20(23)25-21(2,3)4/h5-11,17,19H,12-16H2,1-4H3. The number of nitrogens with zero attached hydrogens (tertiary/aromatic N) is 1. The largest absolute Gasteiger partial charge is 0.444 e. The highest BCUT2D eigenvalue weighted by atomic mass is 16.6. The number of likely N-dealkylation sites (tertiary alicyclic amines) is 1. The zero-order valence-electron chi connectivity index (χ0n) is 15.9. The van der Waals surface area contributed by atoms with Crippen LogP contribution in [0.3, 0.4) is 0 Å². The first-order valence-corrected chi connectivity index (χ1v) is 9.16. The Morgan fingerprint density at radius 2 is 1.88 bits per heavy atom. The second-order valence-corrected chi connectivity index (χ2v) is 7.66. The summed E-state index contributed by atoms with van der Waals surface area (Å²) in [6, 6.07) is 10.2. The van der Waals surface area contributed by atoms with E-state index >= 15 is 0 Å². The molecule has 1 saturated heterocycles. The summed E-state index contributed by atoms with van der Waals surface area (Å²) in [5.74, 6) is 0.490. The molecule has 1 heterocycles. The molecule has 1 aliphatic heterocycles. The van der Waals surface area contributed by atoms with E-state index in [4.69, 9.17) is 9.47 Å². The number of carbonyl (C=O) groups is 1. The van der Waals surface area contributed by atoms with Crippen molar-refractivity contribution in [1.29, 1.82) is 0 Å². The molecule has 0 aromatic heterocycles. The van der Waals surface area contributed by atoms with Crippen molar-refractivity contribution in [2.24, 2.45) is 5.92 Å². The Labute approximate surface area is 151 Å². The van der Waals surface area contributed by atoms with Gasteiger partial charge in [-0.25, -0.2) is 4.79 Å². The van der Waals surface area contributed by atoms with Crippen molar-refractivity contribution in [3.63, 3.8) is 0 Å². The fourth-order valence-corrected chi connectivity index (χ4v) is 2.97. The molecule has 1 fully saturated rings. The van der Waals surface area contributed by atoms with Gasteiger partial charge in [0.05, 0.1) is 12.7 Å². The third kappa shape index (κ3) is 6.91. The van der Waals surface area contributed by atoms with E-state index in [2.05, 4.69) is 31.2 Å². The lowest BCUT2D eigenvalue weighted by atomic mass is 9.92.